The van der Waals surface area contributed by atoms with E-state index in [2.05, 4.69) is 28.8 Å². The number of rotatable bonds is 3. The smallest absolute Gasteiger partial charge is 0.164 e. The van der Waals surface area contributed by atoms with Crippen molar-refractivity contribution in [1.82, 2.24) is 0 Å². The number of carbonyl (C=O) groups excluding carboxylic acids is 1. The summed E-state index contributed by atoms with van der Waals surface area (Å²) in [5.41, 5.74) is 5.12. The van der Waals surface area contributed by atoms with Crippen LogP contribution in [0.25, 0.3) is 0 Å². The first kappa shape index (κ1) is 15.3. The molecule has 0 saturated carbocycles. The van der Waals surface area contributed by atoms with Crippen LogP contribution >= 0.6 is 0 Å². The maximum Gasteiger partial charge on any atom is 0.164 e. The molecule has 1 atom stereocenters. The molecule has 2 aromatic carbocycles. The summed E-state index contributed by atoms with van der Waals surface area (Å²) >= 11 is 0. The van der Waals surface area contributed by atoms with E-state index >= 15 is 0 Å². The molecule has 1 fully saturated rings. The molecule has 2 aliphatic rings. The summed E-state index contributed by atoms with van der Waals surface area (Å²) < 4.78 is 2.55. The van der Waals surface area contributed by atoms with Crippen LogP contribution < -0.4 is 0 Å². The Morgan fingerprint density at radius 3 is 2.42 bits per heavy atom. The van der Waals surface area contributed by atoms with E-state index in [1.165, 1.54) is 29.7 Å². The highest BCUT2D eigenvalue weighted by Gasteiger charge is 2.34. The summed E-state index contributed by atoms with van der Waals surface area (Å²) in [5.74, 6) is 0.509. The van der Waals surface area contributed by atoms with Crippen molar-refractivity contribution < 1.29 is 9.37 Å². The first-order valence-corrected chi connectivity index (χ1v) is 9.09. The van der Waals surface area contributed by atoms with Crippen LogP contribution in [-0.2, 0) is 6.42 Å². The van der Waals surface area contributed by atoms with Crippen LogP contribution in [0.15, 0.2) is 54.6 Å². The number of ketones is 1. The fraction of sp³-hybridized carbons (Fsp3) is 0.364. The normalized spacial score (nSPS) is 20.1. The van der Waals surface area contributed by atoms with Gasteiger partial charge in [-0.2, -0.15) is 0 Å². The van der Waals surface area contributed by atoms with Gasteiger partial charge >= 0.3 is 0 Å². The Morgan fingerprint density at radius 1 is 0.917 bits per heavy atom. The van der Waals surface area contributed by atoms with Crippen molar-refractivity contribution >= 4 is 11.5 Å². The molecular weight excluding hydrogens is 294 g/mol. The largest absolute Gasteiger partial charge is 0.294 e. The minimum absolute atomic E-state index is 0.251. The lowest BCUT2D eigenvalue weighted by Gasteiger charge is -2.25. The third-order valence-corrected chi connectivity index (χ3v) is 5.48. The SMILES string of the molecule is O=C(CC1C(=[N+]2CCCC2)CCc2ccccc21)c1ccccc1. The van der Waals surface area contributed by atoms with Gasteiger partial charge in [-0.3, -0.25) is 4.79 Å². The van der Waals surface area contributed by atoms with E-state index in [9.17, 15) is 4.79 Å². The fourth-order valence-electron chi connectivity index (χ4n) is 4.26. The van der Waals surface area contributed by atoms with Crippen molar-refractivity contribution in [3.63, 3.8) is 0 Å². The van der Waals surface area contributed by atoms with Crippen LogP contribution in [0, 0.1) is 0 Å². The van der Waals surface area contributed by atoms with Crippen molar-refractivity contribution in [2.75, 3.05) is 13.1 Å². The molecule has 0 amide bonds. The zero-order valence-corrected chi connectivity index (χ0v) is 14.1. The van der Waals surface area contributed by atoms with E-state index in [0.717, 1.165) is 31.5 Å². The van der Waals surface area contributed by atoms with Crippen LogP contribution in [0.3, 0.4) is 0 Å². The van der Waals surface area contributed by atoms with Crippen LogP contribution in [-0.4, -0.2) is 29.2 Å². The monoisotopic (exact) mass is 318 g/mol. The van der Waals surface area contributed by atoms with Crippen molar-refractivity contribution in [2.24, 2.45) is 0 Å². The quantitative estimate of drug-likeness (QED) is 0.612. The summed E-state index contributed by atoms with van der Waals surface area (Å²) in [6.45, 7) is 2.32. The lowest BCUT2D eigenvalue weighted by atomic mass is 9.78. The minimum Gasteiger partial charge on any atom is -0.294 e. The maximum absolute atomic E-state index is 12.9. The molecule has 24 heavy (non-hydrogen) atoms. The van der Waals surface area contributed by atoms with Crippen LogP contribution in [0.2, 0.25) is 0 Å². The topological polar surface area (TPSA) is 20.1 Å². The summed E-state index contributed by atoms with van der Waals surface area (Å²) in [6, 6.07) is 18.4. The molecule has 1 saturated heterocycles. The number of hydrogen-bond acceptors (Lipinski definition) is 1. The molecule has 4 rings (SSSR count). The Morgan fingerprint density at radius 2 is 1.62 bits per heavy atom. The highest BCUT2D eigenvalue weighted by Crippen LogP contribution is 2.33. The van der Waals surface area contributed by atoms with E-state index < -0.39 is 0 Å². The van der Waals surface area contributed by atoms with Gasteiger partial charge in [0, 0.05) is 31.2 Å². The van der Waals surface area contributed by atoms with Crippen molar-refractivity contribution in [3.05, 3.63) is 71.3 Å². The van der Waals surface area contributed by atoms with Crippen molar-refractivity contribution in [2.45, 2.75) is 38.0 Å². The number of fused-ring (bicyclic) bond motifs is 1. The van der Waals surface area contributed by atoms with Gasteiger partial charge in [0.2, 0.25) is 0 Å². The summed E-state index contributed by atoms with van der Waals surface area (Å²) in [4.78, 5) is 12.9. The number of hydrogen-bond donors (Lipinski definition) is 0. The van der Waals surface area contributed by atoms with Gasteiger partial charge in [0.1, 0.15) is 13.1 Å². The number of benzene rings is 2. The average molecular weight is 318 g/mol. The Kier molecular flexibility index (Phi) is 4.29. The molecule has 2 aromatic rings. The highest BCUT2D eigenvalue weighted by atomic mass is 16.1. The van der Waals surface area contributed by atoms with Gasteiger partial charge in [0.05, 0.1) is 5.92 Å². The van der Waals surface area contributed by atoms with Crippen LogP contribution in [0.1, 0.15) is 53.1 Å². The van der Waals surface area contributed by atoms with Crippen LogP contribution in [0.5, 0.6) is 0 Å². The zero-order chi connectivity index (χ0) is 16.4. The molecule has 2 nitrogen and oxygen atoms in total. The van der Waals surface area contributed by atoms with Gasteiger partial charge in [-0.25, -0.2) is 4.58 Å². The first-order chi connectivity index (χ1) is 11.8. The first-order valence-electron chi connectivity index (χ1n) is 9.09. The molecule has 0 aromatic heterocycles. The van der Waals surface area contributed by atoms with Gasteiger partial charge in [0.25, 0.3) is 0 Å². The molecule has 1 heterocycles. The van der Waals surface area contributed by atoms with E-state index in [0.29, 0.717) is 6.42 Å². The molecule has 0 radical (unpaired) electrons. The molecular formula is C22H24NO+. The molecule has 1 aliphatic carbocycles. The van der Waals surface area contributed by atoms with Gasteiger partial charge < -0.3 is 0 Å². The maximum atomic E-state index is 12.9. The van der Waals surface area contributed by atoms with E-state index in [1.807, 2.05) is 30.3 Å². The average Bonchev–Trinajstić information content (AvgIpc) is 3.17. The summed E-state index contributed by atoms with van der Waals surface area (Å²) in [6.07, 6.45) is 5.36. The fourth-order valence-corrected chi connectivity index (χ4v) is 4.26. The second-order valence-electron chi connectivity index (χ2n) is 6.93. The lowest BCUT2D eigenvalue weighted by Crippen LogP contribution is -2.31. The van der Waals surface area contributed by atoms with Gasteiger partial charge in [-0.05, 0) is 17.5 Å². The molecule has 122 valence electrons. The lowest BCUT2D eigenvalue weighted by molar-refractivity contribution is -0.509. The summed E-state index contributed by atoms with van der Waals surface area (Å²) in [7, 11) is 0. The van der Waals surface area contributed by atoms with Crippen molar-refractivity contribution in [3.8, 4) is 0 Å². The molecule has 1 aliphatic heterocycles. The van der Waals surface area contributed by atoms with Crippen LogP contribution in [0.4, 0.5) is 0 Å². The predicted molar refractivity (Wildman–Crippen MR) is 97.1 cm³/mol. The van der Waals surface area contributed by atoms with E-state index in [1.54, 1.807) is 0 Å². The number of aryl methyl sites for hydroxylation is 1. The number of carbonyl (C=O) groups is 1. The number of nitrogens with zero attached hydrogens (tertiary/aromatic N) is 1. The molecule has 0 spiro atoms. The standard InChI is InChI=1S/C22H24NO/c24-22(18-9-2-1-3-10-18)16-20-19-11-5-4-8-17(19)12-13-21(20)23-14-6-7-15-23/h1-5,8-11,20H,6-7,12-16H2/q+1. The minimum atomic E-state index is 0.251. The van der Waals surface area contributed by atoms with Gasteiger partial charge in [-0.1, -0.05) is 54.6 Å². The van der Waals surface area contributed by atoms with Gasteiger partial charge in [-0.15, -0.1) is 0 Å². The molecule has 0 bridgehead atoms. The van der Waals surface area contributed by atoms with Crippen molar-refractivity contribution in [1.29, 1.82) is 0 Å². The molecule has 2 heteroatoms. The Labute approximate surface area is 143 Å². The predicted octanol–water partition coefficient (Wildman–Crippen LogP) is 4.24. The Bertz CT molecular complexity index is 768. The summed E-state index contributed by atoms with van der Waals surface area (Å²) in [5, 5.41) is 0. The third-order valence-electron chi connectivity index (χ3n) is 5.48. The van der Waals surface area contributed by atoms with E-state index in [4.69, 9.17) is 0 Å². The number of Topliss-reactive ketones (excluding diaryl/α,β-unsaturated/α-hetero) is 1. The van der Waals surface area contributed by atoms with E-state index in [-0.39, 0.29) is 11.7 Å². The second-order valence-corrected chi connectivity index (χ2v) is 6.93. The Balaban J connectivity index is 1.70. The van der Waals surface area contributed by atoms with Gasteiger partial charge in [0.15, 0.2) is 11.5 Å². The highest BCUT2D eigenvalue weighted by molar-refractivity contribution is 6.01. The molecule has 1 unspecified atom stereocenters. The zero-order valence-electron chi connectivity index (χ0n) is 14.1. The third kappa shape index (κ3) is 2.93. The molecule has 0 N–H and O–H groups in total. The second kappa shape index (κ2) is 6.72. The Hall–Kier alpha value is -2.22.